The predicted octanol–water partition coefficient (Wildman–Crippen LogP) is 4.56. The molecule has 25 heavy (non-hydrogen) atoms. The van der Waals surface area contributed by atoms with Crippen molar-refractivity contribution in [1.29, 1.82) is 0 Å². The van der Waals surface area contributed by atoms with Crippen molar-refractivity contribution in [2.24, 2.45) is 0 Å². The van der Waals surface area contributed by atoms with E-state index < -0.39 is 0 Å². The zero-order valence-corrected chi connectivity index (χ0v) is 14.4. The van der Waals surface area contributed by atoms with Crippen LogP contribution in [0.2, 0.25) is 0 Å². The number of benzene rings is 1. The Morgan fingerprint density at radius 3 is 2.52 bits per heavy atom. The van der Waals surface area contributed by atoms with Gasteiger partial charge in [0, 0.05) is 25.5 Å². The summed E-state index contributed by atoms with van der Waals surface area (Å²) < 4.78 is 0. The van der Waals surface area contributed by atoms with Crippen LogP contribution >= 0.6 is 0 Å². The number of hydrogen-bond donors (Lipinski definition) is 0. The molecule has 0 saturated carbocycles. The van der Waals surface area contributed by atoms with Gasteiger partial charge in [-0.1, -0.05) is 42.5 Å². The Kier molecular flexibility index (Phi) is 4.84. The second-order valence-electron chi connectivity index (χ2n) is 6.67. The minimum Gasteiger partial charge on any atom is -0.285 e. The van der Waals surface area contributed by atoms with E-state index >= 15 is 0 Å². The normalized spacial score (nSPS) is 16.6. The van der Waals surface area contributed by atoms with Crippen molar-refractivity contribution in [3.63, 3.8) is 0 Å². The Hall–Kier alpha value is -2.52. The van der Waals surface area contributed by atoms with Crippen LogP contribution < -0.4 is 0 Å². The average Bonchev–Trinajstić information content (AvgIpc) is 2.69. The number of hydrogen-bond acceptors (Lipinski definition) is 3. The highest BCUT2D eigenvalue weighted by Gasteiger charge is 2.27. The average molecular weight is 329 g/mol. The highest BCUT2D eigenvalue weighted by molar-refractivity contribution is 5.26. The molecule has 0 aliphatic heterocycles. The van der Waals surface area contributed by atoms with Gasteiger partial charge >= 0.3 is 0 Å². The maximum atomic E-state index is 4.74. The molecule has 0 saturated heterocycles. The highest BCUT2D eigenvalue weighted by Crippen LogP contribution is 2.34. The third-order valence-corrected chi connectivity index (χ3v) is 4.93. The summed E-state index contributed by atoms with van der Waals surface area (Å²) in [4.78, 5) is 11.8. The topological polar surface area (TPSA) is 29.0 Å². The van der Waals surface area contributed by atoms with Crippen LogP contribution in [0.5, 0.6) is 0 Å². The molecule has 4 rings (SSSR count). The third-order valence-electron chi connectivity index (χ3n) is 4.93. The lowest BCUT2D eigenvalue weighted by atomic mass is 9.90. The molecule has 0 N–H and O–H groups in total. The molecular formula is C22H23N3. The lowest BCUT2D eigenvalue weighted by Gasteiger charge is -2.35. The third kappa shape index (κ3) is 3.77. The fourth-order valence-corrected chi connectivity index (χ4v) is 3.73. The van der Waals surface area contributed by atoms with E-state index in [-0.39, 0.29) is 0 Å². The van der Waals surface area contributed by atoms with Crippen LogP contribution in [0, 0.1) is 0 Å². The first-order valence-corrected chi connectivity index (χ1v) is 9.02. The molecule has 1 aliphatic rings. The Morgan fingerprint density at radius 2 is 1.68 bits per heavy atom. The molecule has 3 heteroatoms. The number of pyridine rings is 2. The molecule has 2 aromatic heterocycles. The van der Waals surface area contributed by atoms with Gasteiger partial charge in [0.05, 0.1) is 17.4 Å². The van der Waals surface area contributed by atoms with Crippen LogP contribution in [-0.2, 0) is 19.5 Å². The lowest BCUT2D eigenvalue weighted by Crippen LogP contribution is -2.31. The Balaban J connectivity index is 1.65. The molecule has 2 heterocycles. The monoisotopic (exact) mass is 329 g/mol. The van der Waals surface area contributed by atoms with Crippen LogP contribution in [0.3, 0.4) is 0 Å². The Labute approximate surface area is 149 Å². The first-order valence-electron chi connectivity index (χ1n) is 9.02. The van der Waals surface area contributed by atoms with E-state index in [4.69, 9.17) is 4.98 Å². The summed E-state index contributed by atoms with van der Waals surface area (Å²) in [6.07, 6.45) is 7.32. The van der Waals surface area contributed by atoms with Crippen molar-refractivity contribution in [3.05, 3.63) is 95.6 Å². The molecule has 126 valence electrons. The summed E-state index contributed by atoms with van der Waals surface area (Å²) in [6.45, 7) is 1.76. The molecule has 0 spiro atoms. The summed E-state index contributed by atoms with van der Waals surface area (Å²) in [7, 11) is 0. The van der Waals surface area contributed by atoms with Gasteiger partial charge in [0.15, 0.2) is 0 Å². The minimum absolute atomic E-state index is 0.354. The van der Waals surface area contributed by atoms with Crippen LogP contribution in [0.4, 0.5) is 0 Å². The molecule has 0 radical (unpaired) electrons. The molecule has 0 fully saturated rings. The summed E-state index contributed by atoms with van der Waals surface area (Å²) in [5.41, 5.74) is 5.10. The SMILES string of the molecule is c1ccc(CN(Cc2ccccn2)C2CCCc3cccnc32)cc1. The fraction of sp³-hybridized carbons (Fsp3) is 0.273. The Morgan fingerprint density at radius 1 is 0.840 bits per heavy atom. The summed E-state index contributed by atoms with van der Waals surface area (Å²) in [6, 6.07) is 21.5. The zero-order valence-electron chi connectivity index (χ0n) is 14.4. The van der Waals surface area contributed by atoms with Gasteiger partial charge in [0.2, 0.25) is 0 Å². The number of nitrogens with zero attached hydrogens (tertiary/aromatic N) is 3. The van der Waals surface area contributed by atoms with Crippen molar-refractivity contribution >= 4 is 0 Å². The van der Waals surface area contributed by atoms with Gasteiger partial charge in [-0.3, -0.25) is 14.9 Å². The van der Waals surface area contributed by atoms with Crippen LogP contribution in [0.25, 0.3) is 0 Å². The zero-order chi connectivity index (χ0) is 16.9. The van der Waals surface area contributed by atoms with Crippen molar-refractivity contribution in [2.75, 3.05) is 0 Å². The largest absolute Gasteiger partial charge is 0.285 e. The van der Waals surface area contributed by atoms with E-state index in [2.05, 4.69) is 64.5 Å². The quantitative estimate of drug-likeness (QED) is 0.687. The van der Waals surface area contributed by atoms with Crippen molar-refractivity contribution in [1.82, 2.24) is 14.9 Å². The van der Waals surface area contributed by atoms with Crippen molar-refractivity contribution < 1.29 is 0 Å². The second-order valence-corrected chi connectivity index (χ2v) is 6.67. The first-order chi connectivity index (χ1) is 12.4. The molecular weight excluding hydrogens is 306 g/mol. The highest BCUT2D eigenvalue weighted by atomic mass is 15.2. The lowest BCUT2D eigenvalue weighted by molar-refractivity contribution is 0.155. The molecule has 1 aromatic carbocycles. The van der Waals surface area contributed by atoms with E-state index in [1.165, 1.54) is 23.2 Å². The summed E-state index contributed by atoms with van der Waals surface area (Å²) in [5, 5.41) is 0. The Bertz CT molecular complexity index is 760. The number of aromatic nitrogens is 2. The van der Waals surface area contributed by atoms with Crippen molar-refractivity contribution in [2.45, 2.75) is 38.4 Å². The molecule has 1 unspecified atom stereocenters. The molecule has 0 amide bonds. The predicted molar refractivity (Wildman–Crippen MR) is 99.8 cm³/mol. The molecule has 3 nitrogen and oxygen atoms in total. The number of fused-ring (bicyclic) bond motifs is 1. The van der Waals surface area contributed by atoms with E-state index in [0.29, 0.717) is 6.04 Å². The van der Waals surface area contributed by atoms with E-state index in [9.17, 15) is 0 Å². The molecule has 3 aromatic rings. The standard InChI is InChI=1S/C22H23N3/c1-2-8-18(9-3-1)16-25(17-20-12-4-5-14-23-20)21-13-6-10-19-11-7-15-24-22(19)21/h1-5,7-9,11-12,14-15,21H,6,10,13,16-17H2. The minimum atomic E-state index is 0.354. The van der Waals surface area contributed by atoms with Crippen molar-refractivity contribution in [3.8, 4) is 0 Å². The van der Waals surface area contributed by atoms with Gasteiger partial charge in [-0.15, -0.1) is 0 Å². The fourth-order valence-electron chi connectivity index (χ4n) is 3.73. The summed E-state index contributed by atoms with van der Waals surface area (Å²) in [5.74, 6) is 0. The smallest absolute Gasteiger partial charge is 0.0607 e. The van der Waals surface area contributed by atoms with E-state index in [1.807, 2.05) is 18.5 Å². The van der Waals surface area contributed by atoms with Gasteiger partial charge in [0.1, 0.15) is 0 Å². The number of rotatable bonds is 5. The second kappa shape index (κ2) is 7.58. The van der Waals surface area contributed by atoms with E-state index in [1.54, 1.807) is 0 Å². The van der Waals surface area contributed by atoms with Gasteiger partial charge in [0.25, 0.3) is 0 Å². The van der Waals surface area contributed by atoms with Gasteiger partial charge < -0.3 is 0 Å². The molecule has 1 atom stereocenters. The molecule has 0 bridgehead atoms. The maximum absolute atomic E-state index is 4.74. The van der Waals surface area contributed by atoms with Gasteiger partial charge in [-0.2, -0.15) is 0 Å². The summed E-state index contributed by atoms with van der Waals surface area (Å²) >= 11 is 0. The van der Waals surface area contributed by atoms with Crippen LogP contribution in [-0.4, -0.2) is 14.9 Å². The van der Waals surface area contributed by atoms with E-state index in [0.717, 1.165) is 31.6 Å². The van der Waals surface area contributed by atoms with Gasteiger partial charge in [-0.05, 0) is 48.6 Å². The number of aryl methyl sites for hydroxylation is 1. The molecule has 1 aliphatic carbocycles. The van der Waals surface area contributed by atoms with Crippen LogP contribution in [0.15, 0.2) is 73.1 Å². The van der Waals surface area contributed by atoms with Crippen LogP contribution in [0.1, 0.15) is 41.4 Å². The maximum Gasteiger partial charge on any atom is 0.0607 e. The first kappa shape index (κ1) is 16.0. The van der Waals surface area contributed by atoms with Gasteiger partial charge in [-0.25, -0.2) is 0 Å².